The molecule has 2 heterocycles. The number of nitrogens with two attached hydrogens (primary N) is 1. The lowest BCUT2D eigenvalue weighted by atomic mass is 10.2. The van der Waals surface area contributed by atoms with Crippen molar-refractivity contribution in [2.45, 2.75) is 6.54 Å². The number of anilines is 1. The summed E-state index contributed by atoms with van der Waals surface area (Å²) in [5.41, 5.74) is 7.30. The normalized spacial score (nSPS) is 16.1. The number of rotatable bonds is 3. The molecule has 110 valence electrons. The van der Waals surface area contributed by atoms with E-state index in [4.69, 9.17) is 5.73 Å². The number of hydrogen-bond donors (Lipinski definition) is 2. The van der Waals surface area contributed by atoms with Gasteiger partial charge in [-0.1, -0.05) is 30.3 Å². The molecular weight excluding hydrogens is 266 g/mol. The second-order valence-electron chi connectivity index (χ2n) is 5.26. The van der Waals surface area contributed by atoms with Crippen LogP contribution in [0.3, 0.4) is 0 Å². The summed E-state index contributed by atoms with van der Waals surface area (Å²) in [7, 11) is 0. The van der Waals surface area contributed by atoms with Crippen molar-refractivity contribution in [3.05, 3.63) is 47.7 Å². The number of nitrogens with one attached hydrogen (secondary N) is 1. The Morgan fingerprint density at radius 3 is 2.52 bits per heavy atom. The summed E-state index contributed by atoms with van der Waals surface area (Å²) < 4.78 is 0. The first-order valence-corrected chi connectivity index (χ1v) is 7.09. The molecule has 0 saturated carbocycles. The SMILES string of the molecule is Nc1cc(C(=O)N2CCN(Cc3ccccc3)CC2)[nH]n1. The maximum Gasteiger partial charge on any atom is 0.272 e. The monoisotopic (exact) mass is 285 g/mol. The average Bonchev–Trinajstić information content (AvgIpc) is 2.95. The van der Waals surface area contributed by atoms with Gasteiger partial charge in [0, 0.05) is 38.8 Å². The van der Waals surface area contributed by atoms with E-state index in [1.54, 1.807) is 6.07 Å². The molecule has 6 heteroatoms. The molecule has 6 nitrogen and oxygen atoms in total. The molecule has 1 aliphatic heterocycles. The second kappa shape index (κ2) is 5.97. The molecule has 1 aromatic heterocycles. The summed E-state index contributed by atoms with van der Waals surface area (Å²) >= 11 is 0. The van der Waals surface area contributed by atoms with E-state index in [-0.39, 0.29) is 5.91 Å². The van der Waals surface area contributed by atoms with Crippen LogP contribution in [0, 0.1) is 0 Å². The molecule has 0 bridgehead atoms. The fourth-order valence-corrected chi connectivity index (χ4v) is 2.57. The van der Waals surface area contributed by atoms with Crippen molar-refractivity contribution in [2.75, 3.05) is 31.9 Å². The molecule has 0 radical (unpaired) electrons. The predicted octanol–water partition coefficient (Wildman–Crippen LogP) is 0.950. The Kier molecular flexibility index (Phi) is 3.87. The van der Waals surface area contributed by atoms with Gasteiger partial charge in [-0.05, 0) is 5.56 Å². The highest BCUT2D eigenvalue weighted by Crippen LogP contribution is 2.11. The zero-order valence-electron chi connectivity index (χ0n) is 11.8. The van der Waals surface area contributed by atoms with Crippen molar-refractivity contribution < 1.29 is 4.79 Å². The molecule has 1 amide bonds. The number of nitrogens with zero attached hydrogens (tertiary/aromatic N) is 3. The van der Waals surface area contributed by atoms with Gasteiger partial charge in [-0.2, -0.15) is 5.10 Å². The minimum absolute atomic E-state index is 0.0291. The molecule has 0 unspecified atom stereocenters. The number of aromatic amines is 1. The van der Waals surface area contributed by atoms with Crippen LogP contribution in [0.25, 0.3) is 0 Å². The zero-order valence-corrected chi connectivity index (χ0v) is 11.8. The lowest BCUT2D eigenvalue weighted by Crippen LogP contribution is -2.48. The molecule has 1 aromatic carbocycles. The average molecular weight is 285 g/mol. The van der Waals surface area contributed by atoms with Crippen molar-refractivity contribution in [1.82, 2.24) is 20.0 Å². The van der Waals surface area contributed by atoms with Crippen molar-refractivity contribution in [2.24, 2.45) is 0 Å². The molecule has 0 atom stereocenters. The number of H-pyrrole nitrogens is 1. The van der Waals surface area contributed by atoms with E-state index >= 15 is 0 Å². The van der Waals surface area contributed by atoms with Crippen LogP contribution < -0.4 is 5.73 Å². The van der Waals surface area contributed by atoms with Gasteiger partial charge >= 0.3 is 0 Å². The summed E-state index contributed by atoms with van der Waals surface area (Å²) in [6.07, 6.45) is 0. The third kappa shape index (κ3) is 3.22. The van der Waals surface area contributed by atoms with Gasteiger partial charge < -0.3 is 10.6 Å². The van der Waals surface area contributed by atoms with Crippen LogP contribution in [0.15, 0.2) is 36.4 Å². The maximum atomic E-state index is 12.3. The van der Waals surface area contributed by atoms with Crippen LogP contribution in [-0.4, -0.2) is 52.1 Å². The van der Waals surface area contributed by atoms with Crippen molar-refractivity contribution in [3.63, 3.8) is 0 Å². The molecule has 3 rings (SSSR count). The van der Waals surface area contributed by atoms with E-state index in [9.17, 15) is 4.79 Å². The first-order chi connectivity index (χ1) is 10.2. The smallest absolute Gasteiger partial charge is 0.272 e. The van der Waals surface area contributed by atoms with Gasteiger partial charge in [0.2, 0.25) is 0 Å². The highest BCUT2D eigenvalue weighted by Gasteiger charge is 2.23. The molecule has 0 aliphatic carbocycles. The molecule has 1 fully saturated rings. The van der Waals surface area contributed by atoms with Crippen LogP contribution in [0.4, 0.5) is 5.82 Å². The number of hydrogen-bond acceptors (Lipinski definition) is 4. The van der Waals surface area contributed by atoms with Gasteiger partial charge in [0.1, 0.15) is 11.5 Å². The molecular formula is C15H19N5O. The van der Waals surface area contributed by atoms with Gasteiger partial charge in [-0.15, -0.1) is 0 Å². The number of nitrogen functional groups attached to an aromatic ring is 1. The molecule has 1 saturated heterocycles. The Hall–Kier alpha value is -2.34. The van der Waals surface area contributed by atoms with E-state index in [2.05, 4.69) is 39.4 Å². The van der Waals surface area contributed by atoms with Crippen molar-refractivity contribution >= 4 is 11.7 Å². The molecule has 0 spiro atoms. The summed E-state index contributed by atoms with van der Waals surface area (Å²) in [5, 5.41) is 6.47. The number of benzene rings is 1. The first-order valence-electron chi connectivity index (χ1n) is 7.09. The predicted molar refractivity (Wildman–Crippen MR) is 80.6 cm³/mol. The lowest BCUT2D eigenvalue weighted by molar-refractivity contribution is 0.0622. The van der Waals surface area contributed by atoms with Gasteiger partial charge in [0.15, 0.2) is 0 Å². The quantitative estimate of drug-likeness (QED) is 0.880. The highest BCUT2D eigenvalue weighted by atomic mass is 16.2. The second-order valence-corrected chi connectivity index (χ2v) is 5.26. The minimum Gasteiger partial charge on any atom is -0.382 e. The Labute approximate surface area is 123 Å². The molecule has 21 heavy (non-hydrogen) atoms. The largest absolute Gasteiger partial charge is 0.382 e. The number of carbonyl (C=O) groups is 1. The van der Waals surface area contributed by atoms with Gasteiger partial charge in [-0.3, -0.25) is 14.8 Å². The van der Waals surface area contributed by atoms with Crippen LogP contribution in [-0.2, 0) is 6.54 Å². The third-order valence-electron chi connectivity index (χ3n) is 3.74. The van der Waals surface area contributed by atoms with Crippen LogP contribution in [0.5, 0.6) is 0 Å². The van der Waals surface area contributed by atoms with Gasteiger partial charge in [0.05, 0.1) is 0 Å². The highest BCUT2D eigenvalue weighted by molar-refractivity contribution is 5.93. The maximum absolute atomic E-state index is 12.3. The zero-order chi connectivity index (χ0) is 14.7. The summed E-state index contributed by atoms with van der Waals surface area (Å²) in [6, 6.07) is 12.0. The number of amides is 1. The molecule has 3 N–H and O–H groups in total. The number of carbonyl (C=O) groups excluding carboxylic acids is 1. The van der Waals surface area contributed by atoms with Crippen LogP contribution in [0.1, 0.15) is 16.1 Å². The summed E-state index contributed by atoms with van der Waals surface area (Å²) in [4.78, 5) is 16.5. The van der Waals surface area contributed by atoms with E-state index in [0.717, 1.165) is 32.7 Å². The van der Waals surface area contributed by atoms with Crippen molar-refractivity contribution in [1.29, 1.82) is 0 Å². The fraction of sp³-hybridized carbons (Fsp3) is 0.333. The lowest BCUT2D eigenvalue weighted by Gasteiger charge is -2.34. The van der Waals surface area contributed by atoms with Gasteiger partial charge in [-0.25, -0.2) is 0 Å². The minimum atomic E-state index is -0.0291. The fourth-order valence-electron chi connectivity index (χ4n) is 2.57. The Balaban J connectivity index is 1.54. The Morgan fingerprint density at radius 1 is 1.19 bits per heavy atom. The van der Waals surface area contributed by atoms with E-state index in [0.29, 0.717) is 11.5 Å². The summed E-state index contributed by atoms with van der Waals surface area (Å²) in [6.45, 7) is 4.14. The third-order valence-corrected chi connectivity index (χ3v) is 3.74. The first kappa shape index (κ1) is 13.6. The molecule has 1 aliphatic rings. The summed E-state index contributed by atoms with van der Waals surface area (Å²) in [5.74, 6) is 0.319. The van der Waals surface area contributed by atoms with Gasteiger partial charge in [0.25, 0.3) is 5.91 Å². The van der Waals surface area contributed by atoms with Crippen LogP contribution >= 0.6 is 0 Å². The van der Waals surface area contributed by atoms with E-state index in [1.165, 1.54) is 5.56 Å². The van der Waals surface area contributed by atoms with Crippen LogP contribution in [0.2, 0.25) is 0 Å². The Morgan fingerprint density at radius 2 is 1.90 bits per heavy atom. The van der Waals surface area contributed by atoms with Crippen molar-refractivity contribution in [3.8, 4) is 0 Å². The van der Waals surface area contributed by atoms with E-state index in [1.807, 2.05) is 11.0 Å². The number of aromatic nitrogens is 2. The molecule has 2 aromatic rings. The number of piperazine rings is 1. The van der Waals surface area contributed by atoms with E-state index < -0.39 is 0 Å². The Bertz CT molecular complexity index is 602. The standard InChI is InChI=1S/C15H19N5O/c16-14-10-13(17-18-14)15(21)20-8-6-19(7-9-20)11-12-4-2-1-3-5-12/h1-5,10H,6-9,11H2,(H3,16,17,18). The topological polar surface area (TPSA) is 78.3 Å².